The van der Waals surface area contributed by atoms with E-state index in [0.29, 0.717) is 6.07 Å². The Bertz CT molecular complexity index is 723. The smallest absolute Gasteiger partial charge is 0.258 e. The van der Waals surface area contributed by atoms with Crippen molar-refractivity contribution < 1.29 is 18.0 Å². The van der Waals surface area contributed by atoms with E-state index in [1.54, 1.807) is 6.07 Å². The molecule has 0 aliphatic rings. The van der Waals surface area contributed by atoms with Crippen LogP contribution in [0, 0.1) is 28.8 Å². The number of carbonyl (C=O) groups excluding carboxylic acids is 1. The lowest BCUT2D eigenvalue weighted by molar-refractivity contribution is 0.102. The molecule has 1 N–H and O–H groups in total. The molecule has 0 spiro atoms. The van der Waals surface area contributed by atoms with Gasteiger partial charge in [0.05, 0.1) is 11.3 Å². The first-order valence-electron chi connectivity index (χ1n) is 5.48. The number of hydrogen-bond acceptors (Lipinski definition) is 2. The summed E-state index contributed by atoms with van der Waals surface area (Å²) in [4.78, 5) is 11.8. The highest BCUT2D eigenvalue weighted by Crippen LogP contribution is 2.19. The summed E-state index contributed by atoms with van der Waals surface area (Å²) >= 11 is 0. The number of nitrogens with zero attached hydrogens (tertiary/aromatic N) is 1. The van der Waals surface area contributed by atoms with Gasteiger partial charge < -0.3 is 5.32 Å². The minimum Gasteiger partial charge on any atom is -0.321 e. The molecule has 0 aromatic heterocycles. The second-order valence-corrected chi connectivity index (χ2v) is 3.85. The Labute approximate surface area is 112 Å². The second kappa shape index (κ2) is 5.45. The number of rotatable bonds is 2. The Morgan fingerprint density at radius 3 is 2.50 bits per heavy atom. The molecule has 0 aliphatic heterocycles. The number of halogens is 3. The first kappa shape index (κ1) is 13.6. The van der Waals surface area contributed by atoms with E-state index in [1.165, 1.54) is 12.1 Å². The maximum Gasteiger partial charge on any atom is 0.258 e. The minimum absolute atomic E-state index is 0.0822. The lowest BCUT2D eigenvalue weighted by Gasteiger charge is -2.08. The van der Waals surface area contributed by atoms with Gasteiger partial charge in [-0.25, -0.2) is 13.2 Å². The van der Waals surface area contributed by atoms with Gasteiger partial charge in [-0.3, -0.25) is 4.79 Å². The third-order valence-electron chi connectivity index (χ3n) is 2.55. The molecule has 6 heteroatoms. The topological polar surface area (TPSA) is 52.9 Å². The highest BCUT2D eigenvalue weighted by molar-refractivity contribution is 6.05. The van der Waals surface area contributed by atoms with Crippen molar-refractivity contribution in [1.82, 2.24) is 0 Å². The molecule has 20 heavy (non-hydrogen) atoms. The van der Waals surface area contributed by atoms with Crippen molar-refractivity contribution in [3.63, 3.8) is 0 Å². The summed E-state index contributed by atoms with van der Waals surface area (Å²) in [6, 6.07) is 7.72. The lowest BCUT2D eigenvalue weighted by atomic mass is 10.1. The Hall–Kier alpha value is -2.81. The Morgan fingerprint density at radius 1 is 1.10 bits per heavy atom. The van der Waals surface area contributed by atoms with Crippen LogP contribution < -0.4 is 5.32 Å². The number of amides is 1. The van der Waals surface area contributed by atoms with Crippen LogP contribution in [0.5, 0.6) is 0 Å². The first-order valence-corrected chi connectivity index (χ1v) is 5.48. The van der Waals surface area contributed by atoms with Crippen LogP contribution in [-0.4, -0.2) is 5.91 Å². The molecule has 0 saturated heterocycles. The van der Waals surface area contributed by atoms with Crippen molar-refractivity contribution in [2.45, 2.75) is 0 Å². The molecule has 0 atom stereocenters. The summed E-state index contributed by atoms with van der Waals surface area (Å²) < 4.78 is 39.5. The Kier molecular flexibility index (Phi) is 3.71. The lowest BCUT2D eigenvalue weighted by Crippen LogP contribution is -2.15. The van der Waals surface area contributed by atoms with E-state index < -0.39 is 28.9 Å². The summed E-state index contributed by atoms with van der Waals surface area (Å²) in [5, 5.41) is 11.0. The molecule has 2 aromatic carbocycles. The van der Waals surface area contributed by atoms with Gasteiger partial charge in [0.15, 0.2) is 0 Å². The average molecular weight is 276 g/mol. The van der Waals surface area contributed by atoms with Gasteiger partial charge in [-0.2, -0.15) is 5.26 Å². The molecule has 0 saturated carbocycles. The SMILES string of the molecule is N#Cc1c(F)cccc1NC(=O)c1ccc(F)cc1F. The predicted molar refractivity (Wildman–Crippen MR) is 65.4 cm³/mol. The zero-order chi connectivity index (χ0) is 14.7. The van der Waals surface area contributed by atoms with Gasteiger partial charge in [-0.15, -0.1) is 0 Å². The van der Waals surface area contributed by atoms with Gasteiger partial charge in [-0.1, -0.05) is 6.07 Å². The molecule has 0 aliphatic carbocycles. The fourth-order valence-electron chi connectivity index (χ4n) is 1.61. The maximum atomic E-state index is 13.4. The number of nitrogens with one attached hydrogen (secondary N) is 1. The first-order chi connectivity index (χ1) is 9.52. The van der Waals surface area contributed by atoms with E-state index in [-0.39, 0.29) is 11.3 Å². The zero-order valence-corrected chi connectivity index (χ0v) is 9.95. The van der Waals surface area contributed by atoms with Gasteiger partial charge in [0.1, 0.15) is 29.1 Å². The molecule has 0 bridgehead atoms. The average Bonchev–Trinajstić information content (AvgIpc) is 2.38. The number of benzene rings is 2. The molecule has 100 valence electrons. The van der Waals surface area contributed by atoms with Crippen molar-refractivity contribution >= 4 is 11.6 Å². The summed E-state index contributed by atoms with van der Waals surface area (Å²) in [5.74, 6) is -3.56. The summed E-state index contributed by atoms with van der Waals surface area (Å²) in [6.07, 6.45) is 0. The largest absolute Gasteiger partial charge is 0.321 e. The molecule has 1 amide bonds. The number of nitriles is 1. The van der Waals surface area contributed by atoms with Crippen LogP contribution in [0.4, 0.5) is 18.9 Å². The second-order valence-electron chi connectivity index (χ2n) is 3.85. The third-order valence-corrected chi connectivity index (χ3v) is 2.55. The monoisotopic (exact) mass is 276 g/mol. The van der Waals surface area contributed by atoms with E-state index in [1.807, 2.05) is 0 Å². The molecule has 0 heterocycles. The zero-order valence-electron chi connectivity index (χ0n) is 9.95. The Morgan fingerprint density at radius 2 is 1.85 bits per heavy atom. The van der Waals surface area contributed by atoms with E-state index in [2.05, 4.69) is 5.32 Å². The minimum atomic E-state index is -1.04. The molecule has 3 nitrogen and oxygen atoms in total. The normalized spacial score (nSPS) is 9.90. The van der Waals surface area contributed by atoms with Crippen molar-refractivity contribution in [1.29, 1.82) is 5.26 Å². The molecular weight excluding hydrogens is 269 g/mol. The summed E-state index contributed by atoms with van der Waals surface area (Å²) in [6.45, 7) is 0. The highest BCUT2D eigenvalue weighted by Gasteiger charge is 2.15. The van der Waals surface area contributed by atoms with Crippen molar-refractivity contribution in [3.05, 3.63) is 65.0 Å². The van der Waals surface area contributed by atoms with Gasteiger partial charge in [0.25, 0.3) is 5.91 Å². The molecule has 0 fully saturated rings. The highest BCUT2D eigenvalue weighted by atomic mass is 19.1. The van der Waals surface area contributed by atoms with Crippen molar-refractivity contribution in [3.8, 4) is 6.07 Å². The quantitative estimate of drug-likeness (QED) is 0.915. The van der Waals surface area contributed by atoms with E-state index >= 15 is 0 Å². The van der Waals surface area contributed by atoms with Crippen LogP contribution in [-0.2, 0) is 0 Å². The third kappa shape index (κ3) is 2.62. The number of carbonyl (C=O) groups is 1. The van der Waals surface area contributed by atoms with Gasteiger partial charge >= 0.3 is 0 Å². The van der Waals surface area contributed by atoms with Crippen LogP contribution in [0.1, 0.15) is 15.9 Å². The molecule has 2 rings (SSSR count). The summed E-state index contributed by atoms with van der Waals surface area (Å²) in [7, 11) is 0. The fourth-order valence-corrected chi connectivity index (χ4v) is 1.61. The molecular formula is C14H7F3N2O. The number of anilines is 1. The van der Waals surface area contributed by atoms with Gasteiger partial charge in [0.2, 0.25) is 0 Å². The van der Waals surface area contributed by atoms with Gasteiger partial charge in [0, 0.05) is 6.07 Å². The maximum absolute atomic E-state index is 13.4. The van der Waals surface area contributed by atoms with Crippen molar-refractivity contribution in [2.75, 3.05) is 5.32 Å². The summed E-state index contributed by atoms with van der Waals surface area (Å²) in [5.41, 5.74) is -0.843. The van der Waals surface area contributed by atoms with Crippen molar-refractivity contribution in [2.24, 2.45) is 0 Å². The van der Waals surface area contributed by atoms with Crippen LogP contribution in [0.25, 0.3) is 0 Å². The van der Waals surface area contributed by atoms with E-state index in [4.69, 9.17) is 5.26 Å². The Balaban J connectivity index is 2.33. The standard InChI is InChI=1S/C14H7F3N2O/c15-8-4-5-9(12(17)6-8)14(20)19-13-3-1-2-11(16)10(13)7-18/h1-6H,(H,19,20). The van der Waals surface area contributed by atoms with Gasteiger partial charge in [-0.05, 0) is 24.3 Å². The van der Waals surface area contributed by atoms with E-state index in [9.17, 15) is 18.0 Å². The number of hydrogen-bond donors (Lipinski definition) is 1. The van der Waals surface area contributed by atoms with Crippen LogP contribution in [0.15, 0.2) is 36.4 Å². The van der Waals surface area contributed by atoms with Crippen LogP contribution >= 0.6 is 0 Å². The molecule has 2 aromatic rings. The van der Waals surface area contributed by atoms with E-state index in [0.717, 1.165) is 18.2 Å². The fraction of sp³-hybridized carbons (Fsp3) is 0. The molecule has 0 unspecified atom stereocenters. The van der Waals surface area contributed by atoms with Crippen LogP contribution in [0.3, 0.4) is 0 Å². The molecule has 0 radical (unpaired) electrons. The van der Waals surface area contributed by atoms with Crippen LogP contribution in [0.2, 0.25) is 0 Å². The predicted octanol–water partition coefficient (Wildman–Crippen LogP) is 3.23.